The molecule has 8 aromatic rings. The van der Waals surface area contributed by atoms with Gasteiger partial charge < -0.3 is 0 Å². The van der Waals surface area contributed by atoms with Gasteiger partial charge in [0, 0.05) is 11.1 Å². The van der Waals surface area contributed by atoms with Crippen molar-refractivity contribution >= 4 is 38.3 Å². The summed E-state index contributed by atoms with van der Waals surface area (Å²) in [5, 5.41) is 4.68. The van der Waals surface area contributed by atoms with E-state index in [1.54, 1.807) is 0 Å². The van der Waals surface area contributed by atoms with Crippen LogP contribution in [0.1, 0.15) is 0 Å². The standard InChI is InChI=1S/C41H25N3/c1-42-33-22-20-29(21-23-33)28-14-17-30(18-15-28)34-24-25-37(36-11-5-4-10-35(34)36)41-40(43-38-12-6-7-13-39(38)44-41)32-19-16-27-8-2-3-9-31(27)26-32/h2-26H. The number of hydrogen-bond acceptors (Lipinski definition) is 2. The molecule has 0 saturated carbocycles. The fourth-order valence-electron chi connectivity index (χ4n) is 6.05. The van der Waals surface area contributed by atoms with Crippen molar-refractivity contribution < 1.29 is 0 Å². The number of aromatic nitrogens is 2. The molecule has 0 aliphatic rings. The first-order chi connectivity index (χ1) is 21.7. The lowest BCUT2D eigenvalue weighted by Gasteiger charge is -2.15. The van der Waals surface area contributed by atoms with E-state index in [0.29, 0.717) is 5.69 Å². The molecule has 0 amide bonds. The van der Waals surface area contributed by atoms with E-state index >= 15 is 0 Å². The Hall–Kier alpha value is -6.11. The average molecular weight is 560 g/mol. The first kappa shape index (κ1) is 25.6. The molecule has 3 nitrogen and oxygen atoms in total. The van der Waals surface area contributed by atoms with Crippen LogP contribution in [0, 0.1) is 6.57 Å². The SMILES string of the molecule is [C-]#[N+]c1ccc(-c2ccc(-c3ccc(-c4nc5ccccc5nc4-c4ccc5ccccc5c4)c4ccccc34)cc2)cc1. The molecule has 0 spiro atoms. The molecule has 0 aliphatic carbocycles. The van der Waals surface area contributed by atoms with E-state index in [-0.39, 0.29) is 0 Å². The molecule has 0 saturated heterocycles. The second-order valence-corrected chi connectivity index (χ2v) is 10.9. The Kier molecular flexibility index (Phi) is 6.18. The lowest BCUT2D eigenvalue weighted by Crippen LogP contribution is -1.97. The Labute approximate surface area is 255 Å². The summed E-state index contributed by atoms with van der Waals surface area (Å²) in [6.07, 6.45) is 0. The van der Waals surface area contributed by atoms with Crippen LogP contribution in [0.4, 0.5) is 5.69 Å². The third-order valence-corrected chi connectivity index (χ3v) is 8.30. The minimum Gasteiger partial charge on any atom is -0.244 e. The highest BCUT2D eigenvalue weighted by Gasteiger charge is 2.17. The molecule has 1 heterocycles. The van der Waals surface area contributed by atoms with Crippen LogP contribution < -0.4 is 0 Å². The fraction of sp³-hybridized carbons (Fsp3) is 0. The van der Waals surface area contributed by atoms with Crippen molar-refractivity contribution in [3.63, 3.8) is 0 Å². The van der Waals surface area contributed by atoms with E-state index in [2.05, 4.69) is 108 Å². The summed E-state index contributed by atoms with van der Waals surface area (Å²) < 4.78 is 0. The van der Waals surface area contributed by atoms with Crippen LogP contribution in [-0.2, 0) is 0 Å². The molecule has 0 fully saturated rings. The summed E-state index contributed by atoms with van der Waals surface area (Å²) >= 11 is 0. The number of para-hydroxylation sites is 2. The molecule has 8 rings (SSSR count). The average Bonchev–Trinajstić information content (AvgIpc) is 3.10. The summed E-state index contributed by atoms with van der Waals surface area (Å²) in [4.78, 5) is 13.9. The Bertz CT molecular complexity index is 2380. The molecule has 44 heavy (non-hydrogen) atoms. The zero-order valence-corrected chi connectivity index (χ0v) is 23.8. The molecule has 0 N–H and O–H groups in total. The maximum absolute atomic E-state index is 7.22. The van der Waals surface area contributed by atoms with Crippen LogP contribution in [0.3, 0.4) is 0 Å². The van der Waals surface area contributed by atoms with Gasteiger partial charge >= 0.3 is 0 Å². The lowest BCUT2D eigenvalue weighted by molar-refractivity contribution is 1.30. The van der Waals surface area contributed by atoms with Crippen molar-refractivity contribution in [2.45, 2.75) is 0 Å². The topological polar surface area (TPSA) is 30.1 Å². The summed E-state index contributed by atoms with van der Waals surface area (Å²) in [5.74, 6) is 0. The molecule has 0 bridgehead atoms. The van der Waals surface area contributed by atoms with Gasteiger partial charge in [0.1, 0.15) is 0 Å². The highest BCUT2D eigenvalue weighted by Crippen LogP contribution is 2.40. The van der Waals surface area contributed by atoms with Gasteiger partial charge in [-0.25, -0.2) is 14.8 Å². The minimum atomic E-state index is 0.650. The Morgan fingerprint density at radius 2 is 0.932 bits per heavy atom. The van der Waals surface area contributed by atoms with Crippen molar-refractivity contribution in [2.75, 3.05) is 0 Å². The molecule has 3 heteroatoms. The van der Waals surface area contributed by atoms with Gasteiger partial charge in [-0.15, -0.1) is 0 Å². The van der Waals surface area contributed by atoms with E-state index in [0.717, 1.165) is 55.6 Å². The van der Waals surface area contributed by atoms with E-state index in [4.69, 9.17) is 16.5 Å². The third-order valence-electron chi connectivity index (χ3n) is 8.30. The number of fused-ring (bicyclic) bond motifs is 3. The number of benzene rings is 7. The molecule has 0 unspecified atom stereocenters. The molecular weight excluding hydrogens is 534 g/mol. The molecule has 204 valence electrons. The maximum atomic E-state index is 7.22. The molecule has 7 aromatic carbocycles. The van der Waals surface area contributed by atoms with Crippen LogP contribution in [0.5, 0.6) is 0 Å². The van der Waals surface area contributed by atoms with Gasteiger partial charge in [-0.05, 0) is 62.0 Å². The van der Waals surface area contributed by atoms with Crippen LogP contribution in [0.15, 0.2) is 152 Å². The van der Waals surface area contributed by atoms with Gasteiger partial charge in [0.05, 0.1) is 29.0 Å². The fourth-order valence-corrected chi connectivity index (χ4v) is 6.05. The van der Waals surface area contributed by atoms with Crippen LogP contribution in [0.25, 0.3) is 82.2 Å². The molecular formula is C41H25N3. The van der Waals surface area contributed by atoms with Crippen molar-refractivity contribution in [3.05, 3.63) is 163 Å². The van der Waals surface area contributed by atoms with Gasteiger partial charge in [-0.1, -0.05) is 133 Å². The Balaban J connectivity index is 1.28. The van der Waals surface area contributed by atoms with Crippen LogP contribution in [-0.4, -0.2) is 9.97 Å². The predicted molar refractivity (Wildman–Crippen MR) is 183 cm³/mol. The zero-order valence-electron chi connectivity index (χ0n) is 23.8. The largest absolute Gasteiger partial charge is 0.244 e. The van der Waals surface area contributed by atoms with Gasteiger partial charge in [-0.3, -0.25) is 0 Å². The molecule has 1 aromatic heterocycles. The predicted octanol–water partition coefficient (Wildman–Crippen LogP) is 11.2. The Morgan fingerprint density at radius 1 is 0.409 bits per heavy atom. The maximum Gasteiger partial charge on any atom is 0.187 e. The van der Waals surface area contributed by atoms with Gasteiger partial charge in [-0.2, -0.15) is 0 Å². The second kappa shape index (κ2) is 10.6. The normalized spacial score (nSPS) is 11.2. The number of nitrogens with zero attached hydrogens (tertiary/aromatic N) is 3. The third kappa shape index (κ3) is 4.47. The Morgan fingerprint density at radius 3 is 1.64 bits per heavy atom. The highest BCUT2D eigenvalue weighted by molar-refractivity contribution is 6.07. The minimum absolute atomic E-state index is 0.650. The quantitative estimate of drug-likeness (QED) is 0.201. The summed E-state index contributed by atoms with van der Waals surface area (Å²) in [7, 11) is 0. The number of rotatable bonds is 4. The number of hydrogen-bond donors (Lipinski definition) is 0. The van der Waals surface area contributed by atoms with Crippen molar-refractivity contribution in [2.24, 2.45) is 0 Å². The molecule has 0 atom stereocenters. The second-order valence-electron chi connectivity index (χ2n) is 10.9. The van der Waals surface area contributed by atoms with E-state index in [9.17, 15) is 0 Å². The van der Waals surface area contributed by atoms with E-state index < -0.39 is 0 Å². The molecule has 0 aliphatic heterocycles. The smallest absolute Gasteiger partial charge is 0.187 e. The van der Waals surface area contributed by atoms with E-state index in [1.807, 2.05) is 48.5 Å². The molecule has 0 radical (unpaired) electrons. The van der Waals surface area contributed by atoms with Crippen LogP contribution >= 0.6 is 0 Å². The monoisotopic (exact) mass is 559 g/mol. The lowest BCUT2D eigenvalue weighted by atomic mass is 9.91. The zero-order chi connectivity index (χ0) is 29.5. The van der Waals surface area contributed by atoms with Gasteiger partial charge in [0.15, 0.2) is 5.69 Å². The summed E-state index contributed by atoms with van der Waals surface area (Å²) in [5.41, 5.74) is 10.8. The van der Waals surface area contributed by atoms with Crippen molar-refractivity contribution in [3.8, 4) is 44.8 Å². The first-order valence-corrected chi connectivity index (χ1v) is 14.6. The van der Waals surface area contributed by atoms with Gasteiger partial charge in [0.25, 0.3) is 0 Å². The van der Waals surface area contributed by atoms with Crippen molar-refractivity contribution in [1.82, 2.24) is 9.97 Å². The van der Waals surface area contributed by atoms with Gasteiger partial charge in [0.2, 0.25) is 0 Å². The van der Waals surface area contributed by atoms with Crippen molar-refractivity contribution in [1.29, 1.82) is 0 Å². The van der Waals surface area contributed by atoms with E-state index in [1.165, 1.54) is 21.7 Å². The van der Waals surface area contributed by atoms with Crippen LogP contribution in [0.2, 0.25) is 0 Å². The summed E-state index contributed by atoms with van der Waals surface area (Å²) in [6.45, 7) is 7.22. The first-order valence-electron chi connectivity index (χ1n) is 14.6. The summed E-state index contributed by atoms with van der Waals surface area (Å²) in [6, 6.07) is 52.4. The highest BCUT2D eigenvalue weighted by atomic mass is 14.8.